The Balaban J connectivity index is 2.25. The van der Waals surface area contributed by atoms with Crippen molar-refractivity contribution in [2.75, 3.05) is 32.8 Å². The fraction of sp³-hybridized carbons (Fsp3) is 1.00. The summed E-state index contributed by atoms with van der Waals surface area (Å²) in [7, 11) is 0. The molecule has 1 aliphatic rings. The highest BCUT2D eigenvalue weighted by atomic mass is 16.5. The van der Waals surface area contributed by atoms with Crippen molar-refractivity contribution >= 4 is 0 Å². The van der Waals surface area contributed by atoms with Gasteiger partial charge in [-0.05, 0) is 11.8 Å². The van der Waals surface area contributed by atoms with Gasteiger partial charge in [0.05, 0.1) is 13.2 Å². The van der Waals surface area contributed by atoms with Crippen LogP contribution in [0.4, 0.5) is 0 Å². The lowest BCUT2D eigenvalue weighted by molar-refractivity contribution is 0.0197. The summed E-state index contributed by atoms with van der Waals surface area (Å²) >= 11 is 0. The second-order valence-corrected chi connectivity index (χ2v) is 5.16. The first-order chi connectivity index (χ1) is 6.64. The summed E-state index contributed by atoms with van der Waals surface area (Å²) in [6.07, 6.45) is 4.02. The summed E-state index contributed by atoms with van der Waals surface area (Å²) in [4.78, 5) is 2.54. The van der Waals surface area contributed by atoms with E-state index in [9.17, 15) is 0 Å². The van der Waals surface area contributed by atoms with Crippen molar-refractivity contribution in [1.29, 1.82) is 0 Å². The van der Waals surface area contributed by atoms with Crippen molar-refractivity contribution in [3.63, 3.8) is 0 Å². The molecule has 1 heterocycles. The van der Waals surface area contributed by atoms with E-state index in [2.05, 4.69) is 25.7 Å². The first-order valence-corrected chi connectivity index (χ1v) is 5.94. The molecule has 0 saturated carbocycles. The normalized spacial score (nSPS) is 19.9. The Morgan fingerprint density at radius 2 is 1.86 bits per heavy atom. The Hall–Kier alpha value is -0.0800. The topological polar surface area (TPSA) is 12.5 Å². The van der Waals surface area contributed by atoms with Gasteiger partial charge in [-0.3, -0.25) is 4.90 Å². The third kappa shape index (κ3) is 4.43. The van der Waals surface area contributed by atoms with Crippen molar-refractivity contribution in [1.82, 2.24) is 4.90 Å². The summed E-state index contributed by atoms with van der Waals surface area (Å²) in [6, 6.07) is 0. The minimum absolute atomic E-state index is 0.480. The van der Waals surface area contributed by atoms with Crippen LogP contribution in [-0.4, -0.2) is 37.7 Å². The summed E-state index contributed by atoms with van der Waals surface area (Å²) in [6.45, 7) is 12.4. The van der Waals surface area contributed by atoms with Crippen LogP contribution < -0.4 is 0 Å². The molecular formula is C12H25NO. The molecule has 0 aromatic rings. The predicted octanol–water partition coefficient (Wildman–Crippen LogP) is 2.54. The number of ether oxygens (including phenoxy) is 1. The highest BCUT2D eigenvalue weighted by Crippen LogP contribution is 2.24. The molecule has 1 rings (SSSR count). The molecule has 1 saturated heterocycles. The van der Waals surface area contributed by atoms with E-state index in [1.165, 1.54) is 25.8 Å². The van der Waals surface area contributed by atoms with Crippen LogP contribution in [0.3, 0.4) is 0 Å². The Morgan fingerprint density at radius 1 is 1.21 bits per heavy atom. The molecule has 2 nitrogen and oxygen atoms in total. The average molecular weight is 199 g/mol. The van der Waals surface area contributed by atoms with E-state index in [0.29, 0.717) is 5.41 Å². The molecule has 0 aliphatic carbocycles. The van der Waals surface area contributed by atoms with Gasteiger partial charge in [-0.2, -0.15) is 0 Å². The highest BCUT2D eigenvalue weighted by Gasteiger charge is 2.22. The maximum Gasteiger partial charge on any atom is 0.0594 e. The second kappa shape index (κ2) is 5.72. The number of hydrogen-bond donors (Lipinski definition) is 0. The second-order valence-electron chi connectivity index (χ2n) is 5.16. The lowest BCUT2D eigenvalue weighted by Gasteiger charge is -2.34. The fourth-order valence-corrected chi connectivity index (χ4v) is 2.10. The van der Waals surface area contributed by atoms with Crippen LogP contribution in [0.5, 0.6) is 0 Å². The van der Waals surface area contributed by atoms with E-state index in [1.54, 1.807) is 0 Å². The average Bonchev–Trinajstić information content (AvgIpc) is 2.16. The lowest BCUT2D eigenvalue weighted by Crippen LogP contribution is -2.41. The van der Waals surface area contributed by atoms with Crippen molar-refractivity contribution in [2.24, 2.45) is 5.41 Å². The molecule has 0 amide bonds. The summed E-state index contributed by atoms with van der Waals surface area (Å²) < 4.78 is 5.35. The first kappa shape index (κ1) is 12.0. The zero-order chi connectivity index (χ0) is 10.4. The SMILES string of the molecule is CCCCC(C)(C)CN1CCOCC1. The number of morpholine rings is 1. The van der Waals surface area contributed by atoms with Gasteiger partial charge < -0.3 is 4.74 Å². The van der Waals surface area contributed by atoms with Crippen molar-refractivity contribution < 1.29 is 4.74 Å². The van der Waals surface area contributed by atoms with E-state index < -0.39 is 0 Å². The van der Waals surface area contributed by atoms with Crippen molar-refractivity contribution in [2.45, 2.75) is 40.0 Å². The van der Waals surface area contributed by atoms with E-state index in [-0.39, 0.29) is 0 Å². The minimum atomic E-state index is 0.480. The highest BCUT2D eigenvalue weighted by molar-refractivity contribution is 4.75. The van der Waals surface area contributed by atoms with Gasteiger partial charge in [0.1, 0.15) is 0 Å². The van der Waals surface area contributed by atoms with Crippen LogP contribution in [0.25, 0.3) is 0 Å². The minimum Gasteiger partial charge on any atom is -0.379 e. The molecule has 2 heteroatoms. The van der Waals surface area contributed by atoms with Crippen LogP contribution in [0.1, 0.15) is 40.0 Å². The lowest BCUT2D eigenvalue weighted by atomic mass is 9.86. The van der Waals surface area contributed by atoms with Gasteiger partial charge in [0.15, 0.2) is 0 Å². The van der Waals surface area contributed by atoms with Crippen LogP contribution in [0.2, 0.25) is 0 Å². The molecule has 0 unspecified atom stereocenters. The van der Waals surface area contributed by atoms with Crippen molar-refractivity contribution in [3.8, 4) is 0 Å². The first-order valence-electron chi connectivity index (χ1n) is 5.94. The van der Waals surface area contributed by atoms with Gasteiger partial charge in [0.2, 0.25) is 0 Å². The molecule has 0 aromatic carbocycles. The molecule has 1 fully saturated rings. The number of unbranched alkanes of at least 4 members (excludes halogenated alkanes) is 1. The molecule has 1 aliphatic heterocycles. The molecule has 0 N–H and O–H groups in total. The van der Waals surface area contributed by atoms with E-state index >= 15 is 0 Å². The Kier molecular flexibility index (Phi) is 4.90. The zero-order valence-corrected chi connectivity index (χ0v) is 10.0. The number of hydrogen-bond acceptors (Lipinski definition) is 2. The molecule has 0 aromatic heterocycles. The molecule has 84 valence electrons. The molecule has 0 radical (unpaired) electrons. The quantitative estimate of drug-likeness (QED) is 0.674. The summed E-state index contributed by atoms with van der Waals surface area (Å²) in [5, 5.41) is 0. The number of nitrogens with zero attached hydrogens (tertiary/aromatic N) is 1. The zero-order valence-electron chi connectivity index (χ0n) is 10.0. The third-order valence-electron chi connectivity index (χ3n) is 2.96. The fourth-order valence-electron chi connectivity index (χ4n) is 2.10. The van der Waals surface area contributed by atoms with Gasteiger partial charge in [0, 0.05) is 19.6 Å². The number of rotatable bonds is 5. The largest absolute Gasteiger partial charge is 0.379 e. The van der Waals surface area contributed by atoms with Gasteiger partial charge in [-0.1, -0.05) is 33.6 Å². The van der Waals surface area contributed by atoms with Crippen molar-refractivity contribution in [3.05, 3.63) is 0 Å². The summed E-state index contributed by atoms with van der Waals surface area (Å²) in [5.74, 6) is 0. The summed E-state index contributed by atoms with van der Waals surface area (Å²) in [5.41, 5.74) is 0.480. The Labute approximate surface area is 88.6 Å². The Bertz CT molecular complexity index is 150. The predicted molar refractivity (Wildman–Crippen MR) is 60.6 cm³/mol. The van der Waals surface area contributed by atoms with Crippen LogP contribution in [-0.2, 0) is 4.74 Å². The van der Waals surface area contributed by atoms with Gasteiger partial charge in [-0.25, -0.2) is 0 Å². The maximum atomic E-state index is 5.35. The van der Waals surface area contributed by atoms with Gasteiger partial charge >= 0.3 is 0 Å². The van der Waals surface area contributed by atoms with Crippen LogP contribution >= 0.6 is 0 Å². The molecule has 0 atom stereocenters. The monoisotopic (exact) mass is 199 g/mol. The van der Waals surface area contributed by atoms with E-state index in [1.807, 2.05) is 0 Å². The Morgan fingerprint density at radius 3 is 2.43 bits per heavy atom. The van der Waals surface area contributed by atoms with Gasteiger partial charge in [0.25, 0.3) is 0 Å². The molecular weight excluding hydrogens is 174 g/mol. The van der Waals surface area contributed by atoms with E-state index in [0.717, 1.165) is 26.3 Å². The van der Waals surface area contributed by atoms with Gasteiger partial charge in [-0.15, -0.1) is 0 Å². The standard InChI is InChI=1S/C12H25NO/c1-4-5-6-12(2,3)11-13-7-9-14-10-8-13/h4-11H2,1-3H3. The van der Waals surface area contributed by atoms with E-state index in [4.69, 9.17) is 4.74 Å². The van der Waals surface area contributed by atoms with Crippen LogP contribution in [0, 0.1) is 5.41 Å². The van der Waals surface area contributed by atoms with Crippen LogP contribution in [0.15, 0.2) is 0 Å². The maximum absolute atomic E-state index is 5.35. The third-order valence-corrected chi connectivity index (χ3v) is 2.96. The molecule has 14 heavy (non-hydrogen) atoms. The molecule has 0 spiro atoms. The molecule has 0 bridgehead atoms. The smallest absolute Gasteiger partial charge is 0.0594 e.